The molecule has 0 radical (unpaired) electrons. The van der Waals surface area contributed by atoms with Crippen molar-refractivity contribution in [3.63, 3.8) is 0 Å². The number of rotatable bonds is 2. The number of halogens is 1. The number of ether oxygens (including phenoxy) is 1. The van der Waals surface area contributed by atoms with E-state index in [2.05, 4.69) is 0 Å². The monoisotopic (exact) mass is 301 g/mol. The van der Waals surface area contributed by atoms with Gasteiger partial charge in [0.05, 0.1) is 6.10 Å². The van der Waals surface area contributed by atoms with Gasteiger partial charge in [0, 0.05) is 6.04 Å². The van der Waals surface area contributed by atoms with Crippen LogP contribution in [0.1, 0.15) is 13.3 Å². The van der Waals surface area contributed by atoms with Gasteiger partial charge in [0.15, 0.2) is 6.29 Å². The predicted octanol–water partition coefficient (Wildman–Crippen LogP) is 0.779. The van der Waals surface area contributed by atoms with Crippen LogP contribution in [0.15, 0.2) is 0 Å². The molecule has 0 aromatic rings. The third-order valence-corrected chi connectivity index (χ3v) is 2.87. The van der Waals surface area contributed by atoms with Crippen LogP contribution in [0.5, 0.6) is 0 Å². The van der Waals surface area contributed by atoms with Gasteiger partial charge in [-0.25, -0.2) is 0 Å². The lowest BCUT2D eigenvalue weighted by Gasteiger charge is -2.39. The van der Waals surface area contributed by atoms with E-state index in [4.69, 9.17) is 7.80 Å². The molecule has 0 aliphatic carbocycles. The lowest BCUT2D eigenvalue weighted by Crippen LogP contribution is -2.53. The standard InChI is InChI=1S/C8H16INO3/c1-5-4-6(10(2)3)7(11)8(12-5)13-9/h5-8,11H,4H2,1-3H3/t5-,6+,7-,8+/m1/s1. The smallest absolute Gasteiger partial charge is 0.196 e. The summed E-state index contributed by atoms with van der Waals surface area (Å²) < 4.78 is 10.4. The summed E-state index contributed by atoms with van der Waals surface area (Å²) in [6.45, 7) is 1.99. The second-order valence-electron chi connectivity index (χ2n) is 3.66. The second-order valence-corrected chi connectivity index (χ2v) is 4.17. The maximum absolute atomic E-state index is 9.82. The third-order valence-electron chi connectivity index (χ3n) is 2.36. The first-order valence-electron chi connectivity index (χ1n) is 4.33. The Bertz CT molecular complexity index is 167. The molecular formula is C8H16INO3. The van der Waals surface area contributed by atoms with Gasteiger partial charge in [-0.3, -0.25) is 3.07 Å². The highest BCUT2D eigenvalue weighted by molar-refractivity contribution is 14.1. The van der Waals surface area contributed by atoms with Crippen LogP contribution in [0.25, 0.3) is 0 Å². The van der Waals surface area contributed by atoms with Gasteiger partial charge in [0.2, 0.25) is 0 Å². The van der Waals surface area contributed by atoms with Crippen LogP contribution in [-0.2, 0) is 7.80 Å². The molecule has 0 aromatic heterocycles. The van der Waals surface area contributed by atoms with Crippen LogP contribution in [0.4, 0.5) is 0 Å². The van der Waals surface area contributed by atoms with Crippen LogP contribution >= 0.6 is 23.0 Å². The van der Waals surface area contributed by atoms with Gasteiger partial charge in [-0.2, -0.15) is 0 Å². The fourth-order valence-corrected chi connectivity index (χ4v) is 2.04. The largest absolute Gasteiger partial charge is 0.386 e. The average molecular weight is 301 g/mol. The molecule has 1 heterocycles. The number of aliphatic hydroxyl groups is 1. The Morgan fingerprint density at radius 2 is 2.15 bits per heavy atom. The lowest BCUT2D eigenvalue weighted by atomic mass is 9.99. The Kier molecular flexibility index (Phi) is 4.37. The van der Waals surface area contributed by atoms with Gasteiger partial charge in [-0.05, 0) is 27.4 Å². The quantitative estimate of drug-likeness (QED) is 0.765. The van der Waals surface area contributed by atoms with Gasteiger partial charge < -0.3 is 14.7 Å². The van der Waals surface area contributed by atoms with Crippen molar-refractivity contribution in [2.45, 2.75) is 37.9 Å². The van der Waals surface area contributed by atoms with Crippen molar-refractivity contribution in [1.29, 1.82) is 0 Å². The van der Waals surface area contributed by atoms with Crippen molar-refractivity contribution in [2.75, 3.05) is 14.1 Å². The average Bonchev–Trinajstić information content (AvgIpc) is 2.08. The molecule has 4 nitrogen and oxygen atoms in total. The van der Waals surface area contributed by atoms with Crippen molar-refractivity contribution in [3.05, 3.63) is 0 Å². The molecule has 78 valence electrons. The van der Waals surface area contributed by atoms with Crippen LogP contribution in [0, 0.1) is 0 Å². The van der Waals surface area contributed by atoms with Crippen LogP contribution < -0.4 is 0 Å². The van der Waals surface area contributed by atoms with E-state index in [0.717, 1.165) is 6.42 Å². The highest BCUT2D eigenvalue weighted by Crippen LogP contribution is 2.24. The van der Waals surface area contributed by atoms with Gasteiger partial charge in [-0.1, -0.05) is 0 Å². The summed E-state index contributed by atoms with van der Waals surface area (Å²) in [6, 6.07) is 0.114. The van der Waals surface area contributed by atoms with E-state index in [0.29, 0.717) is 0 Å². The van der Waals surface area contributed by atoms with Crippen molar-refractivity contribution in [2.24, 2.45) is 0 Å². The van der Waals surface area contributed by atoms with E-state index in [9.17, 15) is 5.11 Å². The summed E-state index contributed by atoms with van der Waals surface area (Å²) in [6.07, 6.45) is -0.0968. The number of nitrogens with zero attached hydrogens (tertiary/aromatic N) is 1. The normalized spacial score (nSPS) is 41.1. The highest BCUT2D eigenvalue weighted by atomic mass is 127. The van der Waals surface area contributed by atoms with E-state index in [1.165, 1.54) is 0 Å². The van der Waals surface area contributed by atoms with Gasteiger partial charge in [-0.15, -0.1) is 0 Å². The Labute approximate surface area is 92.9 Å². The fraction of sp³-hybridized carbons (Fsp3) is 1.00. The van der Waals surface area contributed by atoms with E-state index in [1.54, 1.807) is 23.0 Å². The molecule has 5 heteroatoms. The van der Waals surface area contributed by atoms with Crippen LogP contribution in [-0.4, -0.2) is 48.6 Å². The maximum Gasteiger partial charge on any atom is 0.196 e. The second kappa shape index (κ2) is 4.88. The number of hydrogen-bond acceptors (Lipinski definition) is 4. The van der Waals surface area contributed by atoms with Crippen LogP contribution in [0.3, 0.4) is 0 Å². The molecule has 1 N–H and O–H groups in total. The molecule has 4 atom stereocenters. The van der Waals surface area contributed by atoms with Crippen molar-refractivity contribution in [3.8, 4) is 0 Å². The molecule has 13 heavy (non-hydrogen) atoms. The Balaban J connectivity index is 2.63. The highest BCUT2D eigenvalue weighted by Gasteiger charge is 2.37. The van der Waals surface area contributed by atoms with E-state index in [-0.39, 0.29) is 12.1 Å². The molecule has 1 saturated heterocycles. The molecule has 0 amide bonds. The Morgan fingerprint density at radius 1 is 1.54 bits per heavy atom. The number of hydrogen-bond donors (Lipinski definition) is 1. The number of aliphatic hydroxyl groups excluding tert-OH is 1. The first-order chi connectivity index (χ1) is 6.06. The molecule has 1 rings (SSSR count). The first-order valence-corrected chi connectivity index (χ1v) is 5.21. The molecule has 0 bridgehead atoms. The summed E-state index contributed by atoms with van der Waals surface area (Å²) in [5.74, 6) is 0. The number of likely N-dealkylation sites (N-methyl/N-ethyl adjacent to an activating group) is 1. The minimum atomic E-state index is -0.567. The molecule has 0 spiro atoms. The zero-order valence-corrected chi connectivity index (χ0v) is 10.3. The molecule has 0 aromatic carbocycles. The molecule has 1 aliphatic heterocycles. The topological polar surface area (TPSA) is 41.9 Å². The zero-order valence-electron chi connectivity index (χ0n) is 8.11. The van der Waals surface area contributed by atoms with Crippen molar-refractivity contribution < 1.29 is 12.9 Å². The SMILES string of the molecule is C[C@@H]1C[C@H](N(C)C)[C@@H](O)[C@H](OI)O1. The minimum Gasteiger partial charge on any atom is -0.386 e. The summed E-state index contributed by atoms with van der Waals surface area (Å²) in [7, 11) is 3.91. The summed E-state index contributed by atoms with van der Waals surface area (Å²) in [4.78, 5) is 2.01. The van der Waals surface area contributed by atoms with Crippen molar-refractivity contribution in [1.82, 2.24) is 4.90 Å². The molecule has 1 aliphatic rings. The Morgan fingerprint density at radius 3 is 2.62 bits per heavy atom. The summed E-state index contributed by atoms with van der Waals surface area (Å²) in [5, 5.41) is 9.82. The van der Waals surface area contributed by atoms with Crippen molar-refractivity contribution >= 4 is 23.0 Å². The first kappa shape index (κ1) is 11.6. The molecule has 1 fully saturated rings. The van der Waals surface area contributed by atoms with E-state index >= 15 is 0 Å². The van der Waals surface area contributed by atoms with Gasteiger partial charge >= 0.3 is 0 Å². The summed E-state index contributed by atoms with van der Waals surface area (Å²) in [5.41, 5.74) is 0. The molecule has 0 unspecified atom stereocenters. The predicted molar refractivity (Wildman–Crippen MR) is 57.5 cm³/mol. The van der Waals surface area contributed by atoms with E-state index in [1.807, 2.05) is 25.9 Å². The van der Waals surface area contributed by atoms with Crippen LogP contribution in [0.2, 0.25) is 0 Å². The van der Waals surface area contributed by atoms with Gasteiger partial charge in [0.1, 0.15) is 29.1 Å². The third kappa shape index (κ3) is 2.76. The zero-order chi connectivity index (χ0) is 10.0. The minimum absolute atomic E-state index is 0.114. The molecule has 0 saturated carbocycles. The van der Waals surface area contributed by atoms with Gasteiger partial charge in [0.25, 0.3) is 0 Å². The summed E-state index contributed by atoms with van der Waals surface area (Å²) >= 11 is 1.76. The maximum atomic E-state index is 9.82. The molecular weight excluding hydrogens is 285 g/mol. The van der Waals surface area contributed by atoms with E-state index < -0.39 is 12.4 Å². The lowest BCUT2D eigenvalue weighted by molar-refractivity contribution is -0.204. The fourth-order valence-electron chi connectivity index (χ4n) is 1.62. The Hall–Kier alpha value is 0.570.